The van der Waals surface area contributed by atoms with Crippen molar-refractivity contribution in [2.45, 2.75) is 26.9 Å². The lowest BCUT2D eigenvalue weighted by Gasteiger charge is -2.18. The summed E-state index contributed by atoms with van der Waals surface area (Å²) in [6.07, 6.45) is 2.12. The zero-order valence-electron chi connectivity index (χ0n) is 16.1. The quantitative estimate of drug-likeness (QED) is 0.641. The Hall–Kier alpha value is -2.63. The van der Waals surface area contributed by atoms with Crippen LogP contribution in [0, 0.1) is 0 Å². The van der Waals surface area contributed by atoms with E-state index in [9.17, 15) is 4.79 Å². The van der Waals surface area contributed by atoms with E-state index >= 15 is 0 Å². The molecule has 0 fully saturated rings. The average molecular weight is 364 g/mol. The molecule has 0 aliphatic carbocycles. The van der Waals surface area contributed by atoms with Crippen LogP contribution in [-0.4, -0.2) is 35.0 Å². The molecular weight excluding hydrogens is 336 g/mol. The highest BCUT2D eigenvalue weighted by Crippen LogP contribution is 2.21. The number of nitrogens with zero attached hydrogens (tertiary/aromatic N) is 2. The fourth-order valence-corrected chi connectivity index (χ4v) is 3.26. The number of carbonyl (C=O) groups excluding carboxylic acids is 1. The van der Waals surface area contributed by atoms with E-state index in [0.29, 0.717) is 12.1 Å². The molecule has 2 aromatic carbocycles. The first-order valence-corrected chi connectivity index (χ1v) is 9.56. The first kappa shape index (κ1) is 19.1. The fraction of sp³-hybridized carbons (Fsp3) is 0.318. The molecule has 0 spiro atoms. The van der Waals surface area contributed by atoms with Gasteiger partial charge in [0, 0.05) is 48.0 Å². The summed E-state index contributed by atoms with van der Waals surface area (Å²) in [5.74, 6) is -0.112. The van der Waals surface area contributed by atoms with Crippen molar-refractivity contribution in [3.63, 3.8) is 0 Å². The van der Waals surface area contributed by atoms with Gasteiger partial charge in [-0.2, -0.15) is 0 Å². The standard InChI is InChI=1S/C22H28N4O/c1-3-25(4-2)13-14-26-12-11-19-15-20(9-10-21(19)26)24-22(27)18-7-5-17(16-23)6-8-18/h5-12,15H,3-4,13-14,16,23H2,1-2H3,(H,24,27). The molecule has 3 rings (SSSR count). The third-order valence-corrected chi connectivity index (χ3v) is 5.03. The van der Waals surface area contributed by atoms with E-state index in [1.54, 1.807) is 12.1 Å². The first-order chi connectivity index (χ1) is 13.1. The predicted octanol–water partition coefficient (Wildman–Crippen LogP) is 3.69. The third kappa shape index (κ3) is 4.56. The van der Waals surface area contributed by atoms with Gasteiger partial charge in [0.05, 0.1) is 0 Å². The van der Waals surface area contributed by atoms with Gasteiger partial charge < -0.3 is 20.5 Å². The molecule has 5 nitrogen and oxygen atoms in total. The van der Waals surface area contributed by atoms with Gasteiger partial charge >= 0.3 is 0 Å². The van der Waals surface area contributed by atoms with Gasteiger partial charge in [-0.1, -0.05) is 26.0 Å². The van der Waals surface area contributed by atoms with Crippen LogP contribution in [0.4, 0.5) is 5.69 Å². The molecule has 0 radical (unpaired) electrons. The maximum Gasteiger partial charge on any atom is 0.255 e. The lowest BCUT2D eigenvalue weighted by atomic mass is 10.1. The maximum absolute atomic E-state index is 12.4. The Kier molecular flexibility index (Phi) is 6.27. The Morgan fingerprint density at radius 3 is 2.48 bits per heavy atom. The molecule has 27 heavy (non-hydrogen) atoms. The number of amides is 1. The number of hydrogen-bond donors (Lipinski definition) is 2. The predicted molar refractivity (Wildman–Crippen MR) is 112 cm³/mol. The van der Waals surface area contributed by atoms with Crippen molar-refractivity contribution in [3.05, 3.63) is 65.9 Å². The molecule has 3 aromatic rings. The highest BCUT2D eigenvalue weighted by Gasteiger charge is 2.08. The maximum atomic E-state index is 12.4. The van der Waals surface area contributed by atoms with Crippen molar-refractivity contribution in [3.8, 4) is 0 Å². The molecule has 0 aliphatic heterocycles. The smallest absolute Gasteiger partial charge is 0.255 e. The number of nitrogens with one attached hydrogen (secondary N) is 1. The molecular formula is C22H28N4O. The van der Waals surface area contributed by atoms with Crippen LogP contribution >= 0.6 is 0 Å². The highest BCUT2D eigenvalue weighted by atomic mass is 16.1. The van der Waals surface area contributed by atoms with E-state index in [-0.39, 0.29) is 5.91 Å². The molecule has 3 N–H and O–H groups in total. The molecule has 0 saturated heterocycles. The van der Waals surface area contributed by atoms with Crippen molar-refractivity contribution >= 4 is 22.5 Å². The number of rotatable bonds is 8. The Morgan fingerprint density at radius 2 is 1.81 bits per heavy atom. The van der Waals surface area contributed by atoms with Gasteiger partial charge in [-0.25, -0.2) is 0 Å². The summed E-state index contributed by atoms with van der Waals surface area (Å²) in [7, 11) is 0. The minimum absolute atomic E-state index is 0.112. The van der Waals surface area contributed by atoms with Crippen LogP contribution in [0.2, 0.25) is 0 Å². The van der Waals surface area contributed by atoms with Gasteiger partial charge in [0.2, 0.25) is 0 Å². The average Bonchev–Trinajstić information content (AvgIpc) is 3.11. The van der Waals surface area contributed by atoms with Crippen molar-refractivity contribution in [1.82, 2.24) is 9.47 Å². The number of aromatic nitrogens is 1. The number of benzene rings is 2. The largest absolute Gasteiger partial charge is 0.346 e. The number of hydrogen-bond acceptors (Lipinski definition) is 3. The van der Waals surface area contributed by atoms with Crippen molar-refractivity contribution in [1.29, 1.82) is 0 Å². The Balaban J connectivity index is 1.70. The zero-order valence-corrected chi connectivity index (χ0v) is 16.1. The third-order valence-electron chi connectivity index (χ3n) is 5.03. The lowest BCUT2D eigenvalue weighted by molar-refractivity contribution is 0.102. The van der Waals surface area contributed by atoms with E-state index in [2.05, 4.69) is 47.0 Å². The Bertz CT molecular complexity index is 894. The minimum Gasteiger partial charge on any atom is -0.346 e. The van der Waals surface area contributed by atoms with E-state index in [1.165, 1.54) is 5.52 Å². The lowest BCUT2D eigenvalue weighted by Crippen LogP contribution is -2.26. The molecule has 0 aliphatic rings. The molecule has 5 heteroatoms. The second-order valence-electron chi connectivity index (χ2n) is 6.66. The van der Waals surface area contributed by atoms with Crippen LogP contribution in [-0.2, 0) is 13.1 Å². The molecule has 142 valence electrons. The number of carbonyl (C=O) groups is 1. The number of likely N-dealkylation sites (N-methyl/N-ethyl adjacent to an activating group) is 1. The molecule has 0 saturated carbocycles. The number of anilines is 1. The van der Waals surface area contributed by atoms with Gasteiger partial charge in [0.25, 0.3) is 5.91 Å². The summed E-state index contributed by atoms with van der Waals surface area (Å²) >= 11 is 0. The van der Waals surface area contributed by atoms with Gasteiger partial charge in [0.15, 0.2) is 0 Å². The summed E-state index contributed by atoms with van der Waals surface area (Å²) in [5.41, 5.74) is 9.23. The first-order valence-electron chi connectivity index (χ1n) is 9.56. The molecule has 0 atom stereocenters. The second kappa shape index (κ2) is 8.84. The minimum atomic E-state index is -0.112. The normalized spacial score (nSPS) is 11.3. The van der Waals surface area contributed by atoms with Gasteiger partial charge in [0.1, 0.15) is 0 Å². The summed E-state index contributed by atoms with van der Waals surface area (Å²) in [6, 6.07) is 15.5. The van der Waals surface area contributed by atoms with Crippen LogP contribution in [0.25, 0.3) is 10.9 Å². The van der Waals surface area contributed by atoms with E-state index in [1.807, 2.05) is 24.3 Å². The Morgan fingerprint density at radius 1 is 1.07 bits per heavy atom. The summed E-state index contributed by atoms with van der Waals surface area (Å²) in [6.45, 7) is 8.99. The van der Waals surface area contributed by atoms with E-state index in [0.717, 1.165) is 42.8 Å². The zero-order chi connectivity index (χ0) is 19.2. The van der Waals surface area contributed by atoms with E-state index < -0.39 is 0 Å². The van der Waals surface area contributed by atoms with Crippen LogP contribution in [0.1, 0.15) is 29.8 Å². The monoisotopic (exact) mass is 364 g/mol. The van der Waals surface area contributed by atoms with Crippen LogP contribution in [0.3, 0.4) is 0 Å². The van der Waals surface area contributed by atoms with E-state index in [4.69, 9.17) is 5.73 Å². The van der Waals surface area contributed by atoms with Crippen molar-refractivity contribution in [2.75, 3.05) is 25.0 Å². The second-order valence-corrected chi connectivity index (χ2v) is 6.66. The number of nitrogens with two attached hydrogens (primary N) is 1. The number of fused-ring (bicyclic) bond motifs is 1. The molecule has 1 heterocycles. The molecule has 1 aromatic heterocycles. The molecule has 0 unspecified atom stereocenters. The van der Waals surface area contributed by atoms with Gasteiger partial charge in [-0.15, -0.1) is 0 Å². The summed E-state index contributed by atoms with van der Waals surface area (Å²) in [5, 5.41) is 4.11. The topological polar surface area (TPSA) is 63.3 Å². The van der Waals surface area contributed by atoms with Gasteiger partial charge in [-0.3, -0.25) is 4.79 Å². The van der Waals surface area contributed by atoms with Crippen LogP contribution in [0.5, 0.6) is 0 Å². The fourth-order valence-electron chi connectivity index (χ4n) is 3.26. The Labute approximate surface area is 160 Å². The summed E-state index contributed by atoms with van der Waals surface area (Å²) in [4.78, 5) is 14.9. The SMILES string of the molecule is CCN(CC)CCn1ccc2cc(NC(=O)c3ccc(CN)cc3)ccc21. The van der Waals surface area contributed by atoms with Crippen LogP contribution < -0.4 is 11.1 Å². The van der Waals surface area contributed by atoms with Gasteiger partial charge in [-0.05, 0) is 55.1 Å². The molecule has 0 bridgehead atoms. The highest BCUT2D eigenvalue weighted by molar-refractivity contribution is 6.05. The molecule has 1 amide bonds. The van der Waals surface area contributed by atoms with Crippen molar-refractivity contribution in [2.24, 2.45) is 5.73 Å². The van der Waals surface area contributed by atoms with Crippen molar-refractivity contribution < 1.29 is 4.79 Å². The summed E-state index contributed by atoms with van der Waals surface area (Å²) < 4.78 is 2.27. The van der Waals surface area contributed by atoms with Crippen LogP contribution in [0.15, 0.2) is 54.7 Å².